The Morgan fingerprint density at radius 2 is 1.97 bits per heavy atom. The molecule has 0 aliphatic carbocycles. The Morgan fingerprint density at radius 1 is 1.16 bits per heavy atom. The number of hydrogen-bond donors (Lipinski definition) is 0. The predicted octanol–water partition coefficient (Wildman–Crippen LogP) is 5.02. The Balaban J connectivity index is 1.36. The number of carbonyl (C=O) groups excluding carboxylic acids is 2. The van der Waals surface area contributed by atoms with Crippen molar-refractivity contribution >= 4 is 23.2 Å². The third-order valence-corrected chi connectivity index (χ3v) is 8.01. The number of nitrogens with zero attached hydrogens (tertiary/aromatic N) is 2. The minimum absolute atomic E-state index is 0.0358. The summed E-state index contributed by atoms with van der Waals surface area (Å²) >= 11 is 1.69. The van der Waals surface area contributed by atoms with Gasteiger partial charge in [0.15, 0.2) is 0 Å². The first-order chi connectivity index (χ1) is 18.0. The molecule has 1 fully saturated rings. The lowest BCUT2D eigenvalue weighted by atomic mass is 10.00. The third kappa shape index (κ3) is 5.86. The molecule has 3 aromatic rings. The van der Waals surface area contributed by atoms with E-state index in [4.69, 9.17) is 9.47 Å². The molecule has 0 bridgehead atoms. The lowest BCUT2D eigenvalue weighted by Crippen LogP contribution is -2.49. The molecule has 2 aliphatic heterocycles. The van der Waals surface area contributed by atoms with Crippen LogP contribution in [0.3, 0.4) is 0 Å². The summed E-state index contributed by atoms with van der Waals surface area (Å²) in [6.45, 7) is 3.61. The van der Waals surface area contributed by atoms with E-state index in [0.717, 1.165) is 36.1 Å². The first-order valence-corrected chi connectivity index (χ1v) is 13.6. The molecular formula is C29H31FN2O4S. The minimum Gasteiger partial charge on any atom is -0.491 e. The van der Waals surface area contributed by atoms with Gasteiger partial charge >= 0.3 is 0 Å². The first kappa shape index (κ1) is 25.4. The minimum atomic E-state index is -0.595. The van der Waals surface area contributed by atoms with E-state index in [9.17, 15) is 14.0 Å². The number of thiophene rings is 1. The smallest absolute Gasteiger partial charge is 0.257 e. The van der Waals surface area contributed by atoms with Crippen LogP contribution < -0.4 is 4.74 Å². The van der Waals surface area contributed by atoms with E-state index in [1.54, 1.807) is 28.4 Å². The number of carbonyl (C=O) groups is 2. The van der Waals surface area contributed by atoms with Gasteiger partial charge in [-0.25, -0.2) is 4.39 Å². The summed E-state index contributed by atoms with van der Waals surface area (Å²) in [6.07, 6.45) is 2.32. The molecule has 5 rings (SSSR count). The SMILES string of the molecule is Cc1ccc(OC[C@@H]2c3ccsc3CCN2C(=O)CN(C[C@@H]2CCCO2)C(=O)c2ccccc2F)cc1. The van der Waals surface area contributed by atoms with Crippen LogP contribution >= 0.6 is 11.3 Å². The van der Waals surface area contributed by atoms with Crippen molar-refractivity contribution in [1.29, 1.82) is 0 Å². The molecule has 0 radical (unpaired) electrons. The molecule has 194 valence electrons. The quantitative estimate of drug-likeness (QED) is 0.417. The second-order valence-corrected chi connectivity index (χ2v) is 10.6. The number of amides is 2. The van der Waals surface area contributed by atoms with Crippen LogP contribution in [0, 0.1) is 12.7 Å². The fraction of sp³-hybridized carbons (Fsp3) is 0.379. The van der Waals surface area contributed by atoms with Crippen molar-refractivity contribution in [3.8, 4) is 5.75 Å². The van der Waals surface area contributed by atoms with Crippen LogP contribution in [-0.4, -0.2) is 60.6 Å². The molecule has 2 aromatic carbocycles. The van der Waals surface area contributed by atoms with E-state index in [2.05, 4.69) is 6.07 Å². The summed E-state index contributed by atoms with van der Waals surface area (Å²) in [5.41, 5.74) is 2.20. The van der Waals surface area contributed by atoms with Crippen LogP contribution in [-0.2, 0) is 16.0 Å². The van der Waals surface area contributed by atoms with E-state index >= 15 is 0 Å². The molecule has 3 heterocycles. The second kappa shape index (κ2) is 11.4. The van der Waals surface area contributed by atoms with Crippen molar-refractivity contribution < 1.29 is 23.5 Å². The van der Waals surface area contributed by atoms with Crippen LogP contribution in [0.5, 0.6) is 5.75 Å². The summed E-state index contributed by atoms with van der Waals surface area (Å²) in [6, 6.07) is 15.5. The second-order valence-electron chi connectivity index (χ2n) is 9.58. The van der Waals surface area contributed by atoms with Gasteiger partial charge in [-0.1, -0.05) is 29.8 Å². The van der Waals surface area contributed by atoms with Gasteiger partial charge in [0.1, 0.15) is 24.7 Å². The molecule has 2 aliphatic rings. The Labute approximate surface area is 220 Å². The zero-order valence-corrected chi connectivity index (χ0v) is 21.7. The molecule has 1 saturated heterocycles. The fourth-order valence-corrected chi connectivity index (χ4v) is 5.92. The Kier molecular flexibility index (Phi) is 7.86. The standard InChI is InChI=1S/C29H31FN2O4S/c1-20-8-10-21(11-9-20)36-19-26-24-13-16-37-27(24)12-14-32(26)28(33)18-31(17-22-5-4-15-35-22)29(34)23-6-2-3-7-25(23)30/h2-3,6-11,13,16,22,26H,4-5,12,14-15,17-19H2,1H3/t22-,26+/m0/s1. The average Bonchev–Trinajstić information content (AvgIpc) is 3.60. The van der Waals surface area contributed by atoms with Crippen molar-refractivity contribution in [3.05, 3.63) is 87.4 Å². The van der Waals surface area contributed by atoms with E-state index in [1.165, 1.54) is 21.9 Å². The summed E-state index contributed by atoms with van der Waals surface area (Å²) in [7, 11) is 0. The number of ether oxygens (including phenoxy) is 2. The zero-order chi connectivity index (χ0) is 25.8. The van der Waals surface area contributed by atoms with Gasteiger partial charge in [0.25, 0.3) is 5.91 Å². The van der Waals surface area contributed by atoms with E-state index in [1.807, 2.05) is 36.6 Å². The van der Waals surface area contributed by atoms with Crippen molar-refractivity contribution in [3.63, 3.8) is 0 Å². The highest BCUT2D eigenvalue weighted by atomic mass is 32.1. The Hall–Kier alpha value is -3.23. The van der Waals surface area contributed by atoms with E-state index < -0.39 is 11.7 Å². The topological polar surface area (TPSA) is 59.1 Å². The van der Waals surface area contributed by atoms with E-state index in [0.29, 0.717) is 19.8 Å². The van der Waals surface area contributed by atoms with Crippen LogP contribution in [0.1, 0.15) is 45.2 Å². The highest BCUT2D eigenvalue weighted by molar-refractivity contribution is 7.10. The monoisotopic (exact) mass is 522 g/mol. The molecule has 37 heavy (non-hydrogen) atoms. The number of aryl methyl sites for hydroxylation is 1. The lowest BCUT2D eigenvalue weighted by Gasteiger charge is -2.37. The maximum atomic E-state index is 14.5. The van der Waals surface area contributed by atoms with Gasteiger partial charge in [-0.15, -0.1) is 11.3 Å². The Morgan fingerprint density at radius 3 is 2.73 bits per heavy atom. The molecule has 0 spiro atoms. The van der Waals surface area contributed by atoms with Gasteiger partial charge in [0, 0.05) is 24.6 Å². The maximum Gasteiger partial charge on any atom is 0.257 e. The van der Waals surface area contributed by atoms with Crippen molar-refractivity contribution in [2.24, 2.45) is 0 Å². The molecular weight excluding hydrogens is 491 g/mol. The fourth-order valence-electron chi connectivity index (χ4n) is 5.00. The first-order valence-electron chi connectivity index (χ1n) is 12.7. The third-order valence-electron chi connectivity index (χ3n) is 7.01. The largest absolute Gasteiger partial charge is 0.491 e. The number of fused-ring (bicyclic) bond motifs is 1. The van der Waals surface area contributed by atoms with Gasteiger partial charge in [-0.3, -0.25) is 9.59 Å². The molecule has 2 atom stereocenters. The Bertz CT molecular complexity index is 1240. The normalized spacial score (nSPS) is 18.9. The summed E-state index contributed by atoms with van der Waals surface area (Å²) in [4.78, 5) is 31.6. The number of benzene rings is 2. The van der Waals surface area contributed by atoms with Crippen LogP contribution in [0.4, 0.5) is 4.39 Å². The van der Waals surface area contributed by atoms with E-state index in [-0.39, 0.29) is 36.7 Å². The molecule has 0 N–H and O–H groups in total. The van der Waals surface area contributed by atoms with Gasteiger partial charge in [-0.05, 0) is 67.5 Å². The molecule has 0 unspecified atom stereocenters. The van der Waals surface area contributed by atoms with Gasteiger partial charge in [-0.2, -0.15) is 0 Å². The summed E-state index contributed by atoms with van der Waals surface area (Å²) in [5, 5.41) is 2.04. The van der Waals surface area contributed by atoms with Crippen LogP contribution in [0.25, 0.3) is 0 Å². The van der Waals surface area contributed by atoms with Gasteiger partial charge in [0.05, 0.1) is 17.7 Å². The average molecular weight is 523 g/mol. The van der Waals surface area contributed by atoms with Crippen LogP contribution in [0.15, 0.2) is 60.0 Å². The number of halogens is 1. The number of hydrogen-bond acceptors (Lipinski definition) is 5. The van der Waals surface area contributed by atoms with Gasteiger partial charge < -0.3 is 19.3 Å². The number of rotatable bonds is 8. The molecule has 8 heteroatoms. The maximum absolute atomic E-state index is 14.5. The lowest BCUT2D eigenvalue weighted by molar-refractivity contribution is -0.135. The highest BCUT2D eigenvalue weighted by Gasteiger charge is 2.35. The summed E-state index contributed by atoms with van der Waals surface area (Å²) in [5.74, 6) is -0.530. The molecule has 1 aromatic heterocycles. The van der Waals surface area contributed by atoms with Gasteiger partial charge in [0.2, 0.25) is 5.91 Å². The molecule has 6 nitrogen and oxygen atoms in total. The van der Waals surface area contributed by atoms with Crippen LogP contribution in [0.2, 0.25) is 0 Å². The summed E-state index contributed by atoms with van der Waals surface area (Å²) < 4.78 is 26.4. The highest BCUT2D eigenvalue weighted by Crippen LogP contribution is 2.34. The molecule has 2 amide bonds. The zero-order valence-electron chi connectivity index (χ0n) is 20.9. The van der Waals surface area contributed by atoms with Crippen molar-refractivity contribution in [2.45, 2.75) is 38.3 Å². The molecule has 0 saturated carbocycles. The van der Waals surface area contributed by atoms with Crippen molar-refractivity contribution in [1.82, 2.24) is 9.80 Å². The predicted molar refractivity (Wildman–Crippen MR) is 140 cm³/mol. The van der Waals surface area contributed by atoms with Crippen molar-refractivity contribution in [2.75, 3.05) is 32.8 Å².